The molecule has 0 unspecified atom stereocenters. The maximum atomic E-state index is 12.8. The summed E-state index contributed by atoms with van der Waals surface area (Å²) in [6, 6.07) is 9.10. The molecule has 1 amide bonds. The third-order valence-electron chi connectivity index (χ3n) is 5.78. The highest BCUT2D eigenvalue weighted by atomic mass is 16.4. The molecule has 0 saturated carbocycles. The molecule has 3 aromatic heterocycles. The van der Waals surface area contributed by atoms with Gasteiger partial charge in [-0.3, -0.25) is 9.78 Å². The van der Waals surface area contributed by atoms with Gasteiger partial charge >= 0.3 is 11.9 Å². The summed E-state index contributed by atoms with van der Waals surface area (Å²) in [7, 11) is 2.07. The second-order valence-electron chi connectivity index (χ2n) is 8.53. The summed E-state index contributed by atoms with van der Waals surface area (Å²) < 4.78 is 5.76. The quantitative estimate of drug-likeness (QED) is 0.318. The largest absolute Gasteiger partial charge is 0.478 e. The van der Waals surface area contributed by atoms with Crippen LogP contribution in [-0.4, -0.2) is 91.0 Å². The van der Waals surface area contributed by atoms with E-state index in [-0.39, 0.29) is 17.6 Å². The Morgan fingerprint density at radius 3 is 2.23 bits per heavy atom. The lowest BCUT2D eigenvalue weighted by Gasteiger charge is -2.32. The van der Waals surface area contributed by atoms with Crippen molar-refractivity contribution in [2.75, 3.05) is 39.0 Å². The van der Waals surface area contributed by atoms with Crippen LogP contribution < -0.4 is 5.73 Å². The number of carboxylic acids is 2. The van der Waals surface area contributed by atoms with Gasteiger partial charge in [0.25, 0.3) is 5.91 Å². The van der Waals surface area contributed by atoms with Gasteiger partial charge < -0.3 is 30.2 Å². The Morgan fingerprint density at radius 1 is 0.949 bits per heavy atom. The Balaban J connectivity index is 0.000000386. The van der Waals surface area contributed by atoms with Crippen LogP contribution in [0, 0.1) is 0 Å². The number of oxazole rings is 1. The Hall–Kier alpha value is -5.17. The Kier molecular flexibility index (Phi) is 8.21. The van der Waals surface area contributed by atoms with Crippen LogP contribution in [0.15, 0.2) is 65.5 Å². The second kappa shape index (κ2) is 11.9. The predicted octanol–water partition coefficient (Wildman–Crippen LogP) is 2.03. The minimum absolute atomic E-state index is 0.0452. The van der Waals surface area contributed by atoms with Crippen molar-refractivity contribution >= 4 is 34.8 Å². The van der Waals surface area contributed by atoms with Crippen LogP contribution in [0.1, 0.15) is 10.4 Å². The molecule has 5 rings (SSSR count). The summed E-state index contributed by atoms with van der Waals surface area (Å²) in [4.78, 5) is 53.3. The van der Waals surface area contributed by atoms with Gasteiger partial charge in [-0.2, -0.15) is 0 Å². The Bertz CT molecular complexity index is 1480. The standard InChI is InChI=1S/C22H21N7O2.C4H4O4/c1-28-8-10-29(11-9-28)22(30)15-4-2-14(3-5-15)16-13-25-20(23)19(26-16)21-27-17-12-24-7-6-18(17)31-21;5-3(6)1-2-4(7)8/h2-7,12-13H,8-11H2,1H3,(H2,23,25);1-2H,(H,5,6)(H,7,8)/b;2-1-. The summed E-state index contributed by atoms with van der Waals surface area (Å²) in [5, 5.41) is 15.6. The van der Waals surface area contributed by atoms with E-state index in [0.29, 0.717) is 40.2 Å². The van der Waals surface area contributed by atoms with Crippen LogP contribution in [0.2, 0.25) is 0 Å². The van der Waals surface area contributed by atoms with Gasteiger partial charge in [-0.1, -0.05) is 12.1 Å². The van der Waals surface area contributed by atoms with Gasteiger partial charge in [-0.15, -0.1) is 0 Å². The molecule has 0 radical (unpaired) electrons. The average Bonchev–Trinajstić information content (AvgIpc) is 3.37. The SMILES string of the molecule is CN1CCN(C(=O)c2ccc(-c3cnc(N)c(-c4nc5cnccc5o4)n3)cc2)CC1.O=C(O)/C=C\C(=O)O. The number of carbonyl (C=O) groups is 3. The number of aliphatic carboxylic acids is 2. The molecule has 200 valence electrons. The Morgan fingerprint density at radius 2 is 1.62 bits per heavy atom. The lowest BCUT2D eigenvalue weighted by atomic mass is 10.1. The van der Waals surface area contributed by atoms with E-state index < -0.39 is 11.9 Å². The first-order chi connectivity index (χ1) is 18.7. The monoisotopic (exact) mass is 531 g/mol. The van der Waals surface area contributed by atoms with Crippen LogP contribution in [0.5, 0.6) is 0 Å². The van der Waals surface area contributed by atoms with Crippen molar-refractivity contribution in [3.63, 3.8) is 0 Å². The number of hydrogen-bond donors (Lipinski definition) is 3. The van der Waals surface area contributed by atoms with Gasteiger partial charge in [0.2, 0.25) is 5.89 Å². The summed E-state index contributed by atoms with van der Waals surface area (Å²) in [5.74, 6) is -1.95. The van der Waals surface area contributed by atoms with E-state index >= 15 is 0 Å². The van der Waals surface area contributed by atoms with E-state index in [1.54, 1.807) is 24.7 Å². The maximum absolute atomic E-state index is 12.8. The number of likely N-dealkylation sites (N-methyl/N-ethyl adjacent to an activating group) is 1. The number of hydrogen-bond acceptors (Lipinski definition) is 10. The first-order valence-corrected chi connectivity index (χ1v) is 11.8. The van der Waals surface area contributed by atoms with Crippen LogP contribution >= 0.6 is 0 Å². The van der Waals surface area contributed by atoms with Crippen molar-refractivity contribution in [2.45, 2.75) is 0 Å². The first-order valence-electron chi connectivity index (χ1n) is 11.8. The van der Waals surface area contributed by atoms with Crippen molar-refractivity contribution in [1.29, 1.82) is 0 Å². The number of carbonyl (C=O) groups excluding carboxylic acids is 1. The molecule has 4 aromatic rings. The molecule has 1 aromatic carbocycles. The number of carboxylic acid groups (broad SMARTS) is 2. The zero-order chi connectivity index (χ0) is 27.9. The molecule has 0 spiro atoms. The molecular weight excluding hydrogens is 506 g/mol. The second-order valence-corrected chi connectivity index (χ2v) is 8.53. The smallest absolute Gasteiger partial charge is 0.328 e. The normalized spacial score (nSPS) is 13.7. The first kappa shape index (κ1) is 26.9. The van der Waals surface area contributed by atoms with Gasteiger partial charge in [0.1, 0.15) is 5.52 Å². The number of anilines is 1. The van der Waals surface area contributed by atoms with E-state index in [9.17, 15) is 14.4 Å². The summed E-state index contributed by atoms with van der Waals surface area (Å²) >= 11 is 0. The van der Waals surface area contributed by atoms with Gasteiger partial charge in [0.05, 0.1) is 18.1 Å². The number of pyridine rings is 1. The van der Waals surface area contributed by atoms with Gasteiger partial charge in [-0.25, -0.2) is 24.5 Å². The molecule has 13 nitrogen and oxygen atoms in total. The molecule has 0 bridgehead atoms. The minimum atomic E-state index is -1.26. The highest BCUT2D eigenvalue weighted by Crippen LogP contribution is 2.28. The zero-order valence-corrected chi connectivity index (χ0v) is 20.9. The van der Waals surface area contributed by atoms with Gasteiger partial charge in [-0.05, 0) is 19.2 Å². The molecule has 0 aliphatic carbocycles. The molecule has 1 aliphatic rings. The van der Waals surface area contributed by atoms with Crippen molar-refractivity contribution in [3.8, 4) is 22.8 Å². The number of rotatable bonds is 5. The molecule has 1 saturated heterocycles. The zero-order valence-electron chi connectivity index (χ0n) is 20.9. The summed E-state index contributed by atoms with van der Waals surface area (Å²) in [5.41, 5.74) is 9.71. The van der Waals surface area contributed by atoms with Crippen molar-refractivity contribution in [3.05, 3.63) is 66.6 Å². The van der Waals surface area contributed by atoms with Crippen LogP contribution in [0.4, 0.5) is 5.82 Å². The van der Waals surface area contributed by atoms with Crippen molar-refractivity contribution in [2.24, 2.45) is 0 Å². The fraction of sp³-hybridized carbons (Fsp3) is 0.192. The van der Waals surface area contributed by atoms with Crippen LogP contribution in [-0.2, 0) is 9.59 Å². The summed E-state index contributed by atoms with van der Waals surface area (Å²) in [6.45, 7) is 3.26. The number of nitrogens with zero attached hydrogens (tertiary/aromatic N) is 6. The van der Waals surface area contributed by atoms with Gasteiger partial charge in [0, 0.05) is 61.7 Å². The number of benzene rings is 1. The van der Waals surface area contributed by atoms with Crippen LogP contribution in [0.3, 0.4) is 0 Å². The number of piperazine rings is 1. The maximum Gasteiger partial charge on any atom is 0.328 e. The molecule has 39 heavy (non-hydrogen) atoms. The van der Waals surface area contributed by atoms with Crippen LogP contribution in [0.25, 0.3) is 33.9 Å². The lowest BCUT2D eigenvalue weighted by Crippen LogP contribution is -2.47. The minimum Gasteiger partial charge on any atom is -0.478 e. The Labute approximate surface area is 222 Å². The number of fused-ring (bicyclic) bond motifs is 1. The average molecular weight is 532 g/mol. The molecule has 1 aliphatic heterocycles. The number of amides is 1. The third-order valence-corrected chi connectivity index (χ3v) is 5.78. The number of nitrogen functional groups attached to an aromatic ring is 1. The van der Waals surface area contributed by atoms with Crippen molar-refractivity contribution in [1.82, 2.24) is 29.7 Å². The molecule has 4 N–H and O–H groups in total. The highest BCUT2D eigenvalue weighted by molar-refractivity contribution is 5.94. The molecule has 13 heteroatoms. The molecule has 4 heterocycles. The fourth-order valence-electron chi connectivity index (χ4n) is 3.69. The molecule has 0 atom stereocenters. The number of aromatic nitrogens is 4. The van der Waals surface area contributed by atoms with E-state index in [1.807, 2.05) is 29.2 Å². The van der Waals surface area contributed by atoms with Crippen molar-refractivity contribution < 1.29 is 29.0 Å². The lowest BCUT2D eigenvalue weighted by molar-refractivity contribution is -0.134. The topological polar surface area (TPSA) is 189 Å². The molecular formula is C26H25N7O6. The van der Waals surface area contributed by atoms with Gasteiger partial charge in [0.15, 0.2) is 17.1 Å². The van der Waals surface area contributed by atoms with E-state index in [4.69, 9.17) is 20.4 Å². The fourth-order valence-corrected chi connectivity index (χ4v) is 3.69. The number of nitrogens with two attached hydrogens (primary N) is 1. The molecule has 1 fully saturated rings. The third kappa shape index (κ3) is 6.78. The summed E-state index contributed by atoms with van der Waals surface area (Å²) in [6.07, 6.45) is 5.96. The van der Waals surface area contributed by atoms with E-state index in [2.05, 4.69) is 31.9 Å². The van der Waals surface area contributed by atoms with E-state index in [1.165, 1.54) is 0 Å². The highest BCUT2D eigenvalue weighted by Gasteiger charge is 2.21. The predicted molar refractivity (Wildman–Crippen MR) is 140 cm³/mol. The van der Waals surface area contributed by atoms with E-state index in [0.717, 1.165) is 31.7 Å².